The van der Waals surface area contributed by atoms with Crippen molar-refractivity contribution in [3.63, 3.8) is 0 Å². The molecule has 0 aliphatic carbocycles. The molecule has 3 nitrogen and oxygen atoms in total. The quantitative estimate of drug-likeness (QED) is 0.285. The molecule has 1 saturated heterocycles. The first-order valence-electron chi connectivity index (χ1n) is 2.38. The molecule has 0 aromatic rings. The van der Waals surface area contributed by atoms with Crippen LogP contribution in [0.2, 0.25) is 0 Å². The van der Waals surface area contributed by atoms with E-state index in [2.05, 4.69) is 0 Å². The molecule has 1 fully saturated rings. The van der Waals surface area contributed by atoms with E-state index < -0.39 is 6.67 Å². The molecule has 1 unspecified atom stereocenters. The van der Waals surface area contributed by atoms with Crippen molar-refractivity contribution < 1.29 is 9.18 Å². The standard InChI is InChI=1S/C4H7FN2O/c5-2-3-1-4(8)7(3)6/h3H,1-2,6H2. The van der Waals surface area contributed by atoms with Gasteiger partial charge in [-0.1, -0.05) is 0 Å². The van der Waals surface area contributed by atoms with E-state index in [0.29, 0.717) is 0 Å². The molecule has 0 bridgehead atoms. The summed E-state index contributed by atoms with van der Waals surface area (Å²) in [6.45, 7) is -0.526. The minimum atomic E-state index is -0.526. The summed E-state index contributed by atoms with van der Waals surface area (Å²) in [5.74, 6) is 4.85. The zero-order valence-electron chi connectivity index (χ0n) is 4.30. The summed E-state index contributed by atoms with van der Waals surface area (Å²) < 4.78 is 11.6. The van der Waals surface area contributed by atoms with Gasteiger partial charge >= 0.3 is 0 Å². The third kappa shape index (κ3) is 0.571. The molecule has 4 heteroatoms. The maximum atomic E-state index is 11.6. The SMILES string of the molecule is NN1C(=O)CC1CF. The van der Waals surface area contributed by atoms with Gasteiger partial charge in [-0.15, -0.1) is 0 Å². The van der Waals surface area contributed by atoms with Crippen molar-refractivity contribution in [2.75, 3.05) is 6.67 Å². The zero-order valence-corrected chi connectivity index (χ0v) is 4.30. The van der Waals surface area contributed by atoms with Crippen LogP contribution in [0, 0.1) is 0 Å². The van der Waals surface area contributed by atoms with E-state index in [0.717, 1.165) is 5.01 Å². The fourth-order valence-corrected chi connectivity index (χ4v) is 0.625. The lowest BCUT2D eigenvalue weighted by Gasteiger charge is -2.33. The first-order chi connectivity index (χ1) is 3.75. The van der Waals surface area contributed by atoms with Crippen LogP contribution in [-0.4, -0.2) is 23.6 Å². The lowest BCUT2D eigenvalue weighted by atomic mass is 10.1. The van der Waals surface area contributed by atoms with Gasteiger partial charge in [-0.25, -0.2) is 10.2 Å². The molecule has 0 aromatic heterocycles. The van der Waals surface area contributed by atoms with Gasteiger partial charge in [0.25, 0.3) is 0 Å². The van der Waals surface area contributed by atoms with Gasteiger partial charge in [0.2, 0.25) is 5.91 Å². The Morgan fingerprint density at radius 3 is 2.75 bits per heavy atom. The molecule has 0 saturated carbocycles. The van der Waals surface area contributed by atoms with E-state index >= 15 is 0 Å². The average molecular weight is 118 g/mol. The van der Waals surface area contributed by atoms with Gasteiger partial charge in [-0.2, -0.15) is 0 Å². The summed E-state index contributed by atoms with van der Waals surface area (Å²) in [6.07, 6.45) is 0.271. The van der Waals surface area contributed by atoms with E-state index in [1.807, 2.05) is 0 Å². The molecule has 1 rings (SSSR count). The maximum absolute atomic E-state index is 11.6. The minimum absolute atomic E-state index is 0.173. The van der Waals surface area contributed by atoms with Crippen LogP contribution in [-0.2, 0) is 4.79 Å². The summed E-state index contributed by atoms with van der Waals surface area (Å²) >= 11 is 0. The molecule has 0 aromatic carbocycles. The fourth-order valence-electron chi connectivity index (χ4n) is 0.625. The zero-order chi connectivity index (χ0) is 6.15. The minimum Gasteiger partial charge on any atom is -0.274 e. The van der Waals surface area contributed by atoms with Crippen molar-refractivity contribution in [1.82, 2.24) is 5.01 Å². The Balaban J connectivity index is 2.35. The van der Waals surface area contributed by atoms with Crippen LogP contribution >= 0.6 is 0 Å². The molecule has 1 heterocycles. The lowest BCUT2D eigenvalue weighted by molar-refractivity contribution is -0.147. The molecule has 1 atom stereocenters. The molecular weight excluding hydrogens is 111 g/mol. The van der Waals surface area contributed by atoms with Gasteiger partial charge in [-0.3, -0.25) is 9.80 Å². The molecule has 46 valence electrons. The van der Waals surface area contributed by atoms with Crippen LogP contribution in [0.3, 0.4) is 0 Å². The number of nitrogens with zero attached hydrogens (tertiary/aromatic N) is 1. The second kappa shape index (κ2) is 1.70. The Hall–Kier alpha value is -0.640. The lowest BCUT2D eigenvalue weighted by Crippen LogP contribution is -2.57. The molecule has 1 aliphatic heterocycles. The van der Waals surface area contributed by atoms with Crippen LogP contribution in [0.1, 0.15) is 6.42 Å². The number of nitrogens with two attached hydrogens (primary N) is 1. The first-order valence-corrected chi connectivity index (χ1v) is 2.38. The van der Waals surface area contributed by atoms with Gasteiger partial charge in [0.1, 0.15) is 6.67 Å². The van der Waals surface area contributed by atoms with Crippen molar-refractivity contribution >= 4 is 5.91 Å². The second-order valence-corrected chi connectivity index (χ2v) is 1.81. The van der Waals surface area contributed by atoms with E-state index in [9.17, 15) is 9.18 Å². The van der Waals surface area contributed by atoms with Crippen molar-refractivity contribution in [3.05, 3.63) is 0 Å². The number of carbonyl (C=O) groups is 1. The van der Waals surface area contributed by atoms with E-state index in [1.54, 1.807) is 0 Å². The number of hydrogen-bond acceptors (Lipinski definition) is 2. The number of carbonyl (C=O) groups excluding carboxylic acids is 1. The molecule has 2 N–H and O–H groups in total. The molecule has 0 radical (unpaired) electrons. The molecule has 0 spiro atoms. The van der Waals surface area contributed by atoms with Crippen LogP contribution in [0.4, 0.5) is 4.39 Å². The normalized spacial score (nSPS) is 28.0. The Morgan fingerprint density at radius 2 is 2.62 bits per heavy atom. The molecule has 1 aliphatic rings. The molecule has 8 heavy (non-hydrogen) atoms. The Labute approximate surface area is 46.2 Å². The van der Waals surface area contributed by atoms with E-state index in [4.69, 9.17) is 5.84 Å². The number of hydrazine groups is 1. The summed E-state index contributed by atoms with van der Waals surface area (Å²) in [7, 11) is 0. The van der Waals surface area contributed by atoms with E-state index in [1.165, 1.54) is 0 Å². The number of alkyl halides is 1. The topological polar surface area (TPSA) is 46.3 Å². The molecule has 1 amide bonds. The first kappa shape index (κ1) is 5.50. The number of rotatable bonds is 1. The van der Waals surface area contributed by atoms with Gasteiger partial charge in [0.15, 0.2) is 0 Å². The number of β-lactam (4-membered cyclic amide) rings is 1. The van der Waals surface area contributed by atoms with Crippen LogP contribution in [0.15, 0.2) is 0 Å². The van der Waals surface area contributed by atoms with Crippen LogP contribution in [0.5, 0.6) is 0 Å². The second-order valence-electron chi connectivity index (χ2n) is 1.81. The van der Waals surface area contributed by atoms with Gasteiger partial charge in [0.05, 0.1) is 12.5 Å². The summed E-state index contributed by atoms with van der Waals surface area (Å²) in [4.78, 5) is 10.2. The Morgan fingerprint density at radius 1 is 2.00 bits per heavy atom. The summed E-state index contributed by atoms with van der Waals surface area (Å²) in [6, 6.07) is -0.345. The Bertz CT molecular complexity index is 117. The van der Waals surface area contributed by atoms with Crippen molar-refractivity contribution in [3.8, 4) is 0 Å². The number of amides is 1. The number of halogens is 1. The third-order valence-electron chi connectivity index (χ3n) is 1.27. The average Bonchev–Trinajstić information content (AvgIpc) is 1.81. The highest BCUT2D eigenvalue weighted by Gasteiger charge is 2.33. The predicted molar refractivity (Wildman–Crippen MR) is 25.4 cm³/mol. The number of hydrogen-bond donors (Lipinski definition) is 1. The van der Waals surface area contributed by atoms with Gasteiger partial charge < -0.3 is 0 Å². The molecular formula is C4H7FN2O. The highest BCUT2D eigenvalue weighted by atomic mass is 19.1. The largest absolute Gasteiger partial charge is 0.274 e. The summed E-state index contributed by atoms with van der Waals surface area (Å²) in [5, 5.41) is 0.931. The summed E-state index contributed by atoms with van der Waals surface area (Å²) in [5.41, 5.74) is 0. The fraction of sp³-hybridized carbons (Fsp3) is 0.750. The van der Waals surface area contributed by atoms with E-state index in [-0.39, 0.29) is 18.4 Å². The third-order valence-corrected chi connectivity index (χ3v) is 1.27. The smallest absolute Gasteiger partial charge is 0.239 e. The van der Waals surface area contributed by atoms with Crippen molar-refractivity contribution in [1.29, 1.82) is 0 Å². The monoisotopic (exact) mass is 118 g/mol. The Kier molecular flexibility index (Phi) is 1.17. The van der Waals surface area contributed by atoms with Crippen LogP contribution in [0.25, 0.3) is 0 Å². The highest BCUT2D eigenvalue weighted by Crippen LogP contribution is 2.13. The highest BCUT2D eigenvalue weighted by molar-refractivity contribution is 5.82. The van der Waals surface area contributed by atoms with Crippen LogP contribution < -0.4 is 5.84 Å². The maximum Gasteiger partial charge on any atom is 0.239 e. The van der Waals surface area contributed by atoms with Crippen molar-refractivity contribution in [2.45, 2.75) is 12.5 Å². The van der Waals surface area contributed by atoms with Crippen molar-refractivity contribution in [2.24, 2.45) is 5.84 Å². The van der Waals surface area contributed by atoms with Gasteiger partial charge in [-0.05, 0) is 0 Å². The van der Waals surface area contributed by atoms with Gasteiger partial charge in [0, 0.05) is 0 Å². The predicted octanol–water partition coefficient (Wildman–Crippen LogP) is -0.569.